The summed E-state index contributed by atoms with van der Waals surface area (Å²) in [5, 5.41) is 0. The van der Waals surface area contributed by atoms with E-state index < -0.39 is 10.0 Å². The van der Waals surface area contributed by atoms with Gasteiger partial charge in [0.15, 0.2) is 0 Å². The van der Waals surface area contributed by atoms with Crippen molar-refractivity contribution in [1.29, 1.82) is 0 Å². The van der Waals surface area contributed by atoms with E-state index >= 15 is 0 Å². The summed E-state index contributed by atoms with van der Waals surface area (Å²) >= 11 is 0. The van der Waals surface area contributed by atoms with Crippen LogP contribution < -0.4 is 10.5 Å². The maximum atomic E-state index is 11.9. The van der Waals surface area contributed by atoms with Crippen LogP contribution in [0.2, 0.25) is 0 Å². The van der Waals surface area contributed by atoms with Crippen LogP contribution in [0, 0.1) is 5.92 Å². The lowest BCUT2D eigenvalue weighted by molar-refractivity contribution is 0.316. The molecule has 1 aromatic rings. The van der Waals surface area contributed by atoms with Gasteiger partial charge in [-0.2, -0.15) is 0 Å². The molecule has 100 valence electrons. The van der Waals surface area contributed by atoms with E-state index in [9.17, 15) is 8.42 Å². The third-order valence-electron chi connectivity index (χ3n) is 3.43. The highest BCUT2D eigenvalue weighted by Crippen LogP contribution is 2.25. The van der Waals surface area contributed by atoms with E-state index in [1.165, 1.54) is 6.42 Å². The molecule has 18 heavy (non-hydrogen) atoms. The average molecular weight is 268 g/mol. The molecule has 0 bridgehead atoms. The van der Waals surface area contributed by atoms with Crippen molar-refractivity contribution < 1.29 is 8.42 Å². The van der Waals surface area contributed by atoms with Gasteiger partial charge in [-0.3, -0.25) is 0 Å². The van der Waals surface area contributed by atoms with Crippen molar-refractivity contribution in [3.05, 3.63) is 35.4 Å². The molecule has 0 heterocycles. The molecule has 0 aliphatic heterocycles. The minimum atomic E-state index is -3.21. The van der Waals surface area contributed by atoms with E-state index in [-0.39, 0.29) is 5.75 Å². The zero-order valence-corrected chi connectivity index (χ0v) is 11.2. The number of benzene rings is 1. The Morgan fingerprint density at radius 1 is 1.17 bits per heavy atom. The second-order valence-electron chi connectivity index (χ2n) is 4.93. The second kappa shape index (κ2) is 5.82. The molecular weight excluding hydrogens is 248 g/mol. The van der Waals surface area contributed by atoms with E-state index in [1.54, 1.807) is 0 Å². The van der Waals surface area contributed by atoms with Gasteiger partial charge in [-0.15, -0.1) is 0 Å². The van der Waals surface area contributed by atoms with E-state index in [2.05, 4.69) is 4.72 Å². The molecule has 2 rings (SSSR count). The van der Waals surface area contributed by atoms with Gasteiger partial charge in [-0.05, 0) is 29.9 Å². The third kappa shape index (κ3) is 3.80. The topological polar surface area (TPSA) is 72.2 Å². The molecule has 1 fully saturated rings. The first-order chi connectivity index (χ1) is 8.59. The number of sulfonamides is 1. The second-order valence-corrected chi connectivity index (χ2v) is 6.73. The van der Waals surface area contributed by atoms with Crippen LogP contribution >= 0.6 is 0 Å². The minimum absolute atomic E-state index is 0.0462. The van der Waals surface area contributed by atoms with Crippen LogP contribution in [-0.2, 0) is 22.3 Å². The fourth-order valence-electron chi connectivity index (χ4n) is 1.98. The Balaban J connectivity index is 1.89. The molecule has 1 saturated carbocycles. The summed E-state index contributed by atoms with van der Waals surface area (Å²) in [4.78, 5) is 0. The first-order valence-electron chi connectivity index (χ1n) is 6.34. The van der Waals surface area contributed by atoms with Crippen molar-refractivity contribution in [3.8, 4) is 0 Å². The van der Waals surface area contributed by atoms with Crippen LogP contribution in [0.4, 0.5) is 0 Å². The van der Waals surface area contributed by atoms with Crippen molar-refractivity contribution in [1.82, 2.24) is 4.72 Å². The standard InChI is InChI=1S/C13H20N2O2S/c14-8-11-4-6-13(7-5-11)10-18(16,17)15-9-12-2-1-3-12/h4-7,12,15H,1-3,8-10,14H2. The Kier molecular flexibility index (Phi) is 4.37. The normalized spacial score (nSPS) is 16.5. The molecule has 1 aliphatic rings. The van der Waals surface area contributed by atoms with Crippen molar-refractivity contribution in [3.63, 3.8) is 0 Å². The summed E-state index contributed by atoms with van der Waals surface area (Å²) in [6.07, 6.45) is 3.52. The van der Waals surface area contributed by atoms with Crippen LogP contribution in [0.3, 0.4) is 0 Å². The lowest BCUT2D eigenvalue weighted by atomic mass is 9.86. The van der Waals surface area contributed by atoms with Crippen LogP contribution in [0.1, 0.15) is 30.4 Å². The molecule has 3 N–H and O–H groups in total. The Morgan fingerprint density at radius 3 is 2.28 bits per heavy atom. The quantitative estimate of drug-likeness (QED) is 0.818. The maximum absolute atomic E-state index is 11.9. The average Bonchev–Trinajstić information content (AvgIpc) is 2.27. The fourth-order valence-corrected chi connectivity index (χ4v) is 3.21. The van der Waals surface area contributed by atoms with Crippen molar-refractivity contribution in [2.45, 2.75) is 31.6 Å². The van der Waals surface area contributed by atoms with Crippen LogP contribution in [0.25, 0.3) is 0 Å². The smallest absolute Gasteiger partial charge is 0.215 e. The van der Waals surface area contributed by atoms with Gasteiger partial charge in [-0.1, -0.05) is 30.7 Å². The van der Waals surface area contributed by atoms with Gasteiger partial charge < -0.3 is 5.73 Å². The molecule has 4 nitrogen and oxygen atoms in total. The first kappa shape index (κ1) is 13.5. The Morgan fingerprint density at radius 2 is 1.78 bits per heavy atom. The minimum Gasteiger partial charge on any atom is -0.326 e. The van der Waals surface area contributed by atoms with Gasteiger partial charge in [0.05, 0.1) is 5.75 Å². The highest BCUT2D eigenvalue weighted by molar-refractivity contribution is 7.88. The lowest BCUT2D eigenvalue weighted by Gasteiger charge is -2.25. The predicted octanol–water partition coefficient (Wildman–Crippen LogP) is 1.36. The number of nitrogens with one attached hydrogen (secondary N) is 1. The van der Waals surface area contributed by atoms with Crippen LogP contribution in [0.15, 0.2) is 24.3 Å². The van der Waals surface area contributed by atoms with Gasteiger partial charge in [0.25, 0.3) is 0 Å². The van der Waals surface area contributed by atoms with E-state index in [0.717, 1.165) is 24.0 Å². The molecule has 0 aromatic heterocycles. The Hall–Kier alpha value is -0.910. The summed E-state index contributed by atoms with van der Waals surface area (Å²) in [7, 11) is -3.21. The van der Waals surface area contributed by atoms with Crippen molar-refractivity contribution in [2.75, 3.05) is 6.54 Å². The number of nitrogens with two attached hydrogens (primary N) is 1. The van der Waals surface area contributed by atoms with Gasteiger partial charge in [-0.25, -0.2) is 13.1 Å². The molecular formula is C13H20N2O2S. The van der Waals surface area contributed by atoms with Gasteiger partial charge in [0, 0.05) is 13.1 Å². The third-order valence-corrected chi connectivity index (χ3v) is 4.75. The molecule has 0 spiro atoms. The van der Waals surface area contributed by atoms with Crippen molar-refractivity contribution >= 4 is 10.0 Å². The van der Waals surface area contributed by atoms with Crippen LogP contribution in [0.5, 0.6) is 0 Å². The van der Waals surface area contributed by atoms with Crippen LogP contribution in [-0.4, -0.2) is 15.0 Å². The monoisotopic (exact) mass is 268 g/mol. The highest BCUT2D eigenvalue weighted by atomic mass is 32.2. The summed E-state index contributed by atoms with van der Waals surface area (Å²) in [6, 6.07) is 7.39. The summed E-state index contributed by atoms with van der Waals surface area (Å²) in [5.74, 6) is 0.587. The zero-order chi connectivity index (χ0) is 13.0. The maximum Gasteiger partial charge on any atom is 0.215 e. The molecule has 1 aliphatic carbocycles. The summed E-state index contributed by atoms with van der Waals surface area (Å²) in [6.45, 7) is 1.07. The largest absolute Gasteiger partial charge is 0.326 e. The predicted molar refractivity (Wildman–Crippen MR) is 72.3 cm³/mol. The molecule has 0 atom stereocenters. The van der Waals surface area contributed by atoms with Gasteiger partial charge >= 0.3 is 0 Å². The van der Waals surface area contributed by atoms with E-state index in [4.69, 9.17) is 5.73 Å². The zero-order valence-electron chi connectivity index (χ0n) is 10.4. The highest BCUT2D eigenvalue weighted by Gasteiger charge is 2.20. The van der Waals surface area contributed by atoms with E-state index in [1.807, 2.05) is 24.3 Å². The Labute approximate surface area is 109 Å². The summed E-state index contributed by atoms with van der Waals surface area (Å²) in [5.41, 5.74) is 7.31. The fraction of sp³-hybridized carbons (Fsp3) is 0.538. The SMILES string of the molecule is NCc1ccc(CS(=O)(=O)NCC2CCC2)cc1. The molecule has 0 amide bonds. The van der Waals surface area contributed by atoms with E-state index in [0.29, 0.717) is 19.0 Å². The number of hydrogen-bond donors (Lipinski definition) is 2. The Bertz CT molecular complexity index is 478. The molecule has 5 heteroatoms. The molecule has 0 unspecified atom stereocenters. The lowest BCUT2D eigenvalue weighted by Crippen LogP contribution is -2.32. The summed E-state index contributed by atoms with van der Waals surface area (Å²) < 4.78 is 26.4. The van der Waals surface area contributed by atoms with Gasteiger partial charge in [0.2, 0.25) is 10.0 Å². The first-order valence-corrected chi connectivity index (χ1v) is 7.99. The molecule has 0 saturated heterocycles. The van der Waals surface area contributed by atoms with Gasteiger partial charge in [0.1, 0.15) is 0 Å². The molecule has 1 aromatic carbocycles. The number of rotatable bonds is 6. The molecule has 0 radical (unpaired) electrons. The number of hydrogen-bond acceptors (Lipinski definition) is 3. The van der Waals surface area contributed by atoms with Crippen molar-refractivity contribution in [2.24, 2.45) is 11.7 Å².